The zero-order valence-corrected chi connectivity index (χ0v) is 27.7. The number of methoxy groups -OCH3 is 1. The molecular weight excluding hydrogens is 642 g/mol. The topological polar surface area (TPSA) is 94.0 Å². The molecule has 5 aromatic rings. The highest BCUT2D eigenvalue weighted by atomic mass is 79.9. The Morgan fingerprint density at radius 2 is 1.77 bits per heavy atom. The van der Waals surface area contributed by atoms with E-state index in [4.69, 9.17) is 8.85 Å². The van der Waals surface area contributed by atoms with Gasteiger partial charge in [-0.25, -0.2) is 9.37 Å². The van der Waals surface area contributed by atoms with Crippen LogP contribution in [0.2, 0.25) is 0 Å². The Kier molecular flexibility index (Phi) is 7.62. The van der Waals surface area contributed by atoms with Crippen molar-refractivity contribution < 1.29 is 17.8 Å². The number of benzene rings is 3. The molecule has 11 heteroatoms. The van der Waals surface area contributed by atoms with Crippen LogP contribution in [0.5, 0.6) is 5.75 Å². The van der Waals surface area contributed by atoms with Crippen LogP contribution in [0, 0.1) is 5.82 Å². The summed E-state index contributed by atoms with van der Waals surface area (Å²) in [4.78, 5) is 9.13. The fraction of sp³-hybridized carbons (Fsp3) is 0.242. The van der Waals surface area contributed by atoms with E-state index < -0.39 is 14.1 Å². The first-order valence-electron chi connectivity index (χ1n) is 15.2. The van der Waals surface area contributed by atoms with Crippen molar-refractivity contribution in [3.05, 3.63) is 89.0 Å². The molecule has 0 aliphatic heterocycles. The lowest BCUT2D eigenvalue weighted by atomic mass is 9.82. The quantitative estimate of drug-likeness (QED) is 0.159. The molecule has 5 rings (SSSR count). The third-order valence-electron chi connectivity index (χ3n) is 7.05. The molecule has 0 amide bonds. The van der Waals surface area contributed by atoms with Crippen molar-refractivity contribution in [3.8, 4) is 28.0 Å². The second-order valence-electron chi connectivity index (χ2n) is 11.7. The summed E-state index contributed by atoms with van der Waals surface area (Å²) in [5, 5.41) is 11.1. The maximum absolute atomic E-state index is 14.6. The van der Waals surface area contributed by atoms with E-state index in [1.165, 1.54) is 18.5 Å². The monoisotopic (exact) mass is 679 g/mol. The van der Waals surface area contributed by atoms with Gasteiger partial charge in [0.25, 0.3) is 0 Å². The summed E-state index contributed by atoms with van der Waals surface area (Å²) in [6.45, 7) is 7.09. The molecule has 0 aliphatic rings. The minimum atomic E-state index is -2.83. The summed E-state index contributed by atoms with van der Waals surface area (Å²) in [5.41, 5.74) is 4.16. The molecule has 228 valence electrons. The van der Waals surface area contributed by atoms with Gasteiger partial charge < -0.3 is 19.9 Å². The van der Waals surface area contributed by atoms with E-state index in [9.17, 15) is 8.96 Å². The van der Waals surface area contributed by atoms with Crippen molar-refractivity contribution in [1.82, 2.24) is 19.7 Å². The largest absolute Gasteiger partial charge is 0.495 e. The first-order valence-corrected chi connectivity index (χ1v) is 17.1. The maximum atomic E-state index is 14.6. The van der Waals surface area contributed by atoms with Crippen LogP contribution in [0.15, 0.2) is 77.7 Å². The van der Waals surface area contributed by atoms with Gasteiger partial charge in [-0.05, 0) is 81.7 Å². The fourth-order valence-corrected chi connectivity index (χ4v) is 6.33. The molecule has 44 heavy (non-hydrogen) atoms. The van der Waals surface area contributed by atoms with Gasteiger partial charge in [-0.3, -0.25) is 4.68 Å². The van der Waals surface area contributed by atoms with E-state index in [1.807, 2.05) is 12.1 Å². The van der Waals surface area contributed by atoms with Crippen molar-refractivity contribution in [2.75, 3.05) is 31.1 Å². The van der Waals surface area contributed by atoms with Gasteiger partial charge in [-0.15, -0.1) is 0 Å². The van der Waals surface area contributed by atoms with Crippen LogP contribution in [0.1, 0.15) is 30.4 Å². The van der Waals surface area contributed by atoms with Crippen molar-refractivity contribution in [1.29, 1.82) is 0 Å². The summed E-state index contributed by atoms with van der Waals surface area (Å²) < 4.78 is 58.5. The predicted octanol–water partition coefficient (Wildman–Crippen LogP) is 8.49. The van der Waals surface area contributed by atoms with Gasteiger partial charge in [-0.2, -0.15) is 10.1 Å². The number of nitrogens with zero attached hydrogens (tertiary/aromatic N) is 4. The average molecular weight is 681 g/mol. The number of halogens is 2. The van der Waals surface area contributed by atoms with Gasteiger partial charge in [0.2, 0.25) is 5.95 Å². The summed E-state index contributed by atoms with van der Waals surface area (Å²) >= 11 is 3.52. The number of nitrogens with one attached hydrogen (secondary N) is 2. The number of hydrogen-bond acceptors (Lipinski definition) is 7. The Hall–Kier alpha value is -4.01. The summed E-state index contributed by atoms with van der Waals surface area (Å²) in [5.74, 6) is 0.810. The molecule has 8 nitrogen and oxygen atoms in total. The average Bonchev–Trinajstić information content (AvgIpc) is 3.49. The van der Waals surface area contributed by atoms with Crippen LogP contribution >= 0.6 is 23.1 Å². The van der Waals surface area contributed by atoms with Crippen LogP contribution < -0.4 is 20.7 Å². The minimum absolute atomic E-state index is 0.238. The second kappa shape index (κ2) is 12.2. The molecule has 0 radical (unpaired) electrons. The van der Waals surface area contributed by atoms with Crippen molar-refractivity contribution in [3.63, 3.8) is 0 Å². The smallest absolute Gasteiger partial charge is 0.229 e. The van der Waals surface area contributed by atoms with Crippen molar-refractivity contribution in [2.45, 2.75) is 26.2 Å². The highest BCUT2D eigenvalue weighted by Gasteiger charge is 2.24. The van der Waals surface area contributed by atoms with Crippen molar-refractivity contribution in [2.24, 2.45) is 6.98 Å². The number of hydrogen-bond donors (Lipinski definition) is 2. The summed E-state index contributed by atoms with van der Waals surface area (Å²) in [6.07, 6.45) is 4.61. The van der Waals surface area contributed by atoms with Gasteiger partial charge in [0.15, 0.2) is 0 Å². The number of aromatic nitrogens is 4. The first kappa shape index (κ1) is 27.5. The zero-order valence-electron chi connectivity index (χ0n) is 28.2. The fourth-order valence-electron chi connectivity index (χ4n) is 4.88. The summed E-state index contributed by atoms with van der Waals surface area (Å²) in [6, 6.07) is 15.5. The molecule has 0 spiro atoms. The molecule has 0 unspecified atom stereocenters. The van der Waals surface area contributed by atoms with E-state index in [-0.39, 0.29) is 17.2 Å². The third kappa shape index (κ3) is 6.71. The Labute approximate surface area is 269 Å². The second-order valence-corrected chi connectivity index (χ2v) is 15.8. The van der Waals surface area contributed by atoms with E-state index in [0.29, 0.717) is 49.4 Å². The van der Waals surface area contributed by atoms with E-state index >= 15 is 0 Å². The van der Waals surface area contributed by atoms with Crippen LogP contribution in [0.4, 0.5) is 27.5 Å². The SMILES string of the molecule is [2H]C([2H])([2H])n1cc(-c2cc(Nc3ncc(Br)c(Nc4ccc(-c5ccccc5F)cc4P(C)(C)=O)n3)c(OC)cc2C(C)(C)C)cn1. The molecule has 2 N–H and O–H groups in total. The number of ether oxygens (including phenoxy) is 1. The molecule has 0 saturated carbocycles. The van der Waals surface area contributed by atoms with Gasteiger partial charge in [-0.1, -0.05) is 45.0 Å². The summed E-state index contributed by atoms with van der Waals surface area (Å²) in [7, 11) is -1.26. The van der Waals surface area contributed by atoms with Crippen LogP contribution in [0.25, 0.3) is 22.3 Å². The van der Waals surface area contributed by atoms with Crippen LogP contribution in [-0.4, -0.2) is 40.2 Å². The zero-order chi connectivity index (χ0) is 34.3. The molecule has 3 aromatic carbocycles. The Morgan fingerprint density at radius 1 is 1.00 bits per heavy atom. The molecule has 0 fully saturated rings. The lowest BCUT2D eigenvalue weighted by molar-refractivity contribution is 0.415. The highest BCUT2D eigenvalue weighted by molar-refractivity contribution is 9.10. The van der Waals surface area contributed by atoms with E-state index in [1.54, 1.807) is 63.0 Å². The van der Waals surface area contributed by atoms with Gasteiger partial charge in [0.1, 0.15) is 24.5 Å². The molecule has 0 aliphatic carbocycles. The lowest BCUT2D eigenvalue weighted by Gasteiger charge is -2.25. The van der Waals surface area contributed by atoms with E-state index in [0.717, 1.165) is 15.8 Å². The van der Waals surface area contributed by atoms with Gasteiger partial charge in [0, 0.05) is 39.9 Å². The maximum Gasteiger partial charge on any atom is 0.229 e. The standard InChI is InChI=1S/C33H35BrFN6O2P/c1-33(2,3)24-16-29(43-5)28(15-23(24)21-17-37-41(4)19-21)39-32-36-18-25(34)31(40-32)38-27-13-12-20(14-30(27)44(6,7)42)22-10-8-9-11-26(22)35/h8-19H,1-7H3,(H2,36,38,39,40)/i4D3. The van der Waals surface area contributed by atoms with Gasteiger partial charge >= 0.3 is 0 Å². The molecule has 0 bridgehead atoms. The normalized spacial score (nSPS) is 13.1. The predicted molar refractivity (Wildman–Crippen MR) is 181 cm³/mol. The molecule has 2 heterocycles. The van der Waals surface area contributed by atoms with E-state index in [2.05, 4.69) is 62.4 Å². The first-order chi connectivity index (χ1) is 22.0. The molecule has 0 saturated heterocycles. The lowest BCUT2D eigenvalue weighted by Crippen LogP contribution is -2.14. The van der Waals surface area contributed by atoms with Crippen molar-refractivity contribution >= 4 is 51.5 Å². The number of aryl methyl sites for hydroxylation is 1. The van der Waals surface area contributed by atoms with Gasteiger partial charge in [0.05, 0.1) is 29.2 Å². The molecular formula is C33H35BrFN6O2P. The third-order valence-corrected chi connectivity index (χ3v) is 9.16. The van der Waals surface area contributed by atoms with Crippen LogP contribution in [0.3, 0.4) is 0 Å². The Bertz CT molecular complexity index is 2010. The molecule has 0 atom stereocenters. The number of anilines is 4. The highest BCUT2D eigenvalue weighted by Crippen LogP contribution is 2.42. The minimum Gasteiger partial charge on any atom is -0.495 e. The number of rotatable bonds is 8. The van der Waals surface area contributed by atoms with Crippen LogP contribution in [-0.2, 0) is 17.0 Å². The Morgan fingerprint density at radius 3 is 2.43 bits per heavy atom. The molecule has 2 aromatic heterocycles. The Balaban J connectivity index is 1.53.